The van der Waals surface area contributed by atoms with Crippen LogP contribution in [0.25, 0.3) is 10.9 Å². The van der Waals surface area contributed by atoms with Crippen molar-refractivity contribution in [2.24, 2.45) is 0 Å². The van der Waals surface area contributed by atoms with Gasteiger partial charge in [0.1, 0.15) is 12.9 Å². The van der Waals surface area contributed by atoms with Gasteiger partial charge in [0.2, 0.25) is 0 Å². The standard InChI is InChI=1S/C15H17ClFNO2/c1-10-12(5-3-4-8-16)13-9-11(17)6-7-14(13)18(20-2)15(10)19/h6-7,9H,3-5,8H2,1-2H3. The van der Waals surface area contributed by atoms with Crippen LogP contribution in [0, 0.1) is 12.7 Å². The predicted molar refractivity (Wildman–Crippen MR) is 79.1 cm³/mol. The fraction of sp³-hybridized carbons (Fsp3) is 0.400. The molecule has 0 saturated carbocycles. The zero-order valence-corrected chi connectivity index (χ0v) is 12.3. The topological polar surface area (TPSA) is 31.2 Å². The summed E-state index contributed by atoms with van der Waals surface area (Å²) in [4.78, 5) is 17.4. The Kier molecular flexibility index (Phi) is 4.65. The van der Waals surface area contributed by atoms with Gasteiger partial charge in [-0.3, -0.25) is 4.79 Å². The van der Waals surface area contributed by atoms with Gasteiger partial charge in [-0.25, -0.2) is 4.39 Å². The third-order valence-corrected chi connectivity index (χ3v) is 3.72. The minimum atomic E-state index is -0.322. The molecule has 20 heavy (non-hydrogen) atoms. The Morgan fingerprint density at radius 3 is 2.75 bits per heavy atom. The Balaban J connectivity index is 2.68. The van der Waals surface area contributed by atoms with Gasteiger partial charge in [0, 0.05) is 16.8 Å². The predicted octanol–water partition coefficient (Wildman–Crippen LogP) is 3.07. The molecule has 0 aliphatic carbocycles. The van der Waals surface area contributed by atoms with E-state index in [9.17, 15) is 9.18 Å². The van der Waals surface area contributed by atoms with Crippen molar-refractivity contribution in [1.29, 1.82) is 0 Å². The zero-order chi connectivity index (χ0) is 14.7. The second-order valence-corrected chi connectivity index (χ2v) is 5.07. The van der Waals surface area contributed by atoms with Gasteiger partial charge in [0.25, 0.3) is 5.56 Å². The highest BCUT2D eigenvalue weighted by Crippen LogP contribution is 2.22. The number of hydrogen-bond acceptors (Lipinski definition) is 2. The quantitative estimate of drug-likeness (QED) is 0.627. The highest BCUT2D eigenvalue weighted by atomic mass is 35.5. The van der Waals surface area contributed by atoms with E-state index in [2.05, 4.69) is 0 Å². The van der Waals surface area contributed by atoms with Crippen LogP contribution in [-0.2, 0) is 6.42 Å². The maximum atomic E-state index is 13.5. The first-order valence-electron chi connectivity index (χ1n) is 6.54. The van der Waals surface area contributed by atoms with Crippen LogP contribution in [0.15, 0.2) is 23.0 Å². The van der Waals surface area contributed by atoms with E-state index in [1.165, 1.54) is 24.0 Å². The fourth-order valence-electron chi connectivity index (χ4n) is 2.42. The second-order valence-electron chi connectivity index (χ2n) is 4.69. The molecule has 3 nitrogen and oxygen atoms in total. The zero-order valence-electron chi connectivity index (χ0n) is 11.6. The van der Waals surface area contributed by atoms with Gasteiger partial charge in [0.05, 0.1) is 5.52 Å². The summed E-state index contributed by atoms with van der Waals surface area (Å²) in [6.45, 7) is 1.75. The molecule has 1 heterocycles. The number of pyridine rings is 1. The van der Waals surface area contributed by atoms with E-state index in [1.54, 1.807) is 13.0 Å². The molecule has 108 valence electrons. The first-order chi connectivity index (χ1) is 9.60. The Bertz CT molecular complexity index is 682. The van der Waals surface area contributed by atoms with Gasteiger partial charge >= 0.3 is 0 Å². The molecule has 2 aromatic rings. The molecule has 0 fully saturated rings. The Morgan fingerprint density at radius 2 is 2.10 bits per heavy atom. The smallest absolute Gasteiger partial charge is 0.286 e. The number of aryl methyl sites for hydroxylation is 1. The van der Waals surface area contributed by atoms with Gasteiger partial charge in [-0.05, 0) is 49.9 Å². The average molecular weight is 298 g/mol. The lowest BCUT2D eigenvalue weighted by molar-refractivity contribution is 0.168. The third kappa shape index (κ3) is 2.66. The summed E-state index contributed by atoms with van der Waals surface area (Å²) in [5, 5.41) is 0.721. The molecule has 0 amide bonds. The molecule has 0 aliphatic heterocycles. The molecule has 0 radical (unpaired) electrons. The highest BCUT2D eigenvalue weighted by molar-refractivity contribution is 6.17. The molecular weight excluding hydrogens is 281 g/mol. The van der Waals surface area contributed by atoms with Crippen molar-refractivity contribution in [1.82, 2.24) is 4.73 Å². The minimum Gasteiger partial charge on any atom is -0.413 e. The largest absolute Gasteiger partial charge is 0.413 e. The van der Waals surface area contributed by atoms with Gasteiger partial charge in [-0.2, -0.15) is 0 Å². The van der Waals surface area contributed by atoms with Crippen molar-refractivity contribution in [3.05, 3.63) is 45.5 Å². The number of fused-ring (bicyclic) bond motifs is 1. The van der Waals surface area contributed by atoms with E-state index in [0.717, 1.165) is 23.8 Å². The SMILES string of the molecule is COn1c(=O)c(C)c(CCCCCl)c2cc(F)ccc21. The van der Waals surface area contributed by atoms with Gasteiger partial charge in [-0.15, -0.1) is 16.3 Å². The molecule has 0 unspecified atom stereocenters. The number of alkyl halides is 1. The van der Waals surface area contributed by atoms with Crippen molar-refractivity contribution < 1.29 is 9.23 Å². The van der Waals surface area contributed by atoms with Crippen LogP contribution in [0.5, 0.6) is 0 Å². The van der Waals surface area contributed by atoms with Crippen LogP contribution in [0.4, 0.5) is 4.39 Å². The van der Waals surface area contributed by atoms with E-state index < -0.39 is 0 Å². The lowest BCUT2D eigenvalue weighted by Gasteiger charge is -2.14. The molecule has 2 rings (SSSR count). The molecule has 0 bridgehead atoms. The maximum absolute atomic E-state index is 13.5. The van der Waals surface area contributed by atoms with Crippen LogP contribution >= 0.6 is 11.6 Å². The summed E-state index contributed by atoms with van der Waals surface area (Å²) < 4.78 is 14.7. The average Bonchev–Trinajstić information content (AvgIpc) is 2.44. The molecular formula is C15H17ClFNO2. The van der Waals surface area contributed by atoms with Crippen LogP contribution in [0.3, 0.4) is 0 Å². The summed E-state index contributed by atoms with van der Waals surface area (Å²) in [7, 11) is 1.43. The Labute approximate surface area is 121 Å². The van der Waals surface area contributed by atoms with Crippen molar-refractivity contribution in [2.45, 2.75) is 26.2 Å². The molecule has 0 N–H and O–H groups in total. The van der Waals surface area contributed by atoms with Crippen molar-refractivity contribution >= 4 is 22.5 Å². The van der Waals surface area contributed by atoms with Crippen LogP contribution in [0.2, 0.25) is 0 Å². The molecule has 0 atom stereocenters. The van der Waals surface area contributed by atoms with Crippen molar-refractivity contribution in [3.63, 3.8) is 0 Å². The summed E-state index contributed by atoms with van der Waals surface area (Å²) in [6.07, 6.45) is 2.44. The number of aromatic nitrogens is 1. The summed E-state index contributed by atoms with van der Waals surface area (Å²) in [6, 6.07) is 4.35. The van der Waals surface area contributed by atoms with Crippen LogP contribution < -0.4 is 10.4 Å². The van der Waals surface area contributed by atoms with Gasteiger partial charge in [-0.1, -0.05) is 0 Å². The number of nitrogens with zero attached hydrogens (tertiary/aromatic N) is 1. The van der Waals surface area contributed by atoms with E-state index in [1.807, 2.05) is 0 Å². The van der Waals surface area contributed by atoms with Gasteiger partial charge in [0.15, 0.2) is 0 Å². The molecule has 0 saturated heterocycles. The fourth-order valence-corrected chi connectivity index (χ4v) is 2.61. The maximum Gasteiger partial charge on any atom is 0.286 e. The van der Waals surface area contributed by atoms with Crippen LogP contribution in [0.1, 0.15) is 24.0 Å². The number of halogens is 2. The lowest BCUT2D eigenvalue weighted by atomic mass is 9.99. The van der Waals surface area contributed by atoms with E-state index in [-0.39, 0.29) is 11.4 Å². The number of rotatable bonds is 5. The first-order valence-corrected chi connectivity index (χ1v) is 7.07. The molecule has 0 spiro atoms. The number of unbranched alkanes of at least 4 members (excludes halogenated alkanes) is 1. The molecule has 1 aromatic carbocycles. The first kappa shape index (κ1) is 14.9. The van der Waals surface area contributed by atoms with E-state index in [4.69, 9.17) is 16.4 Å². The van der Waals surface area contributed by atoms with E-state index in [0.29, 0.717) is 23.4 Å². The van der Waals surface area contributed by atoms with Crippen LogP contribution in [-0.4, -0.2) is 17.7 Å². The number of benzene rings is 1. The summed E-state index contributed by atoms with van der Waals surface area (Å²) >= 11 is 5.68. The molecule has 0 aliphatic rings. The summed E-state index contributed by atoms with van der Waals surface area (Å²) in [5.41, 5.74) is 1.86. The number of hydrogen-bond donors (Lipinski definition) is 0. The van der Waals surface area contributed by atoms with Crippen molar-refractivity contribution in [3.8, 4) is 0 Å². The second kappa shape index (κ2) is 6.27. The Morgan fingerprint density at radius 1 is 1.35 bits per heavy atom. The monoisotopic (exact) mass is 297 g/mol. The summed E-state index contributed by atoms with van der Waals surface area (Å²) in [5.74, 6) is 0.261. The van der Waals surface area contributed by atoms with E-state index >= 15 is 0 Å². The third-order valence-electron chi connectivity index (χ3n) is 3.45. The normalized spacial score (nSPS) is 11.0. The van der Waals surface area contributed by atoms with Gasteiger partial charge < -0.3 is 4.84 Å². The lowest BCUT2D eigenvalue weighted by Crippen LogP contribution is -2.28. The Hall–Kier alpha value is -1.55. The molecule has 1 aromatic heterocycles. The minimum absolute atomic E-state index is 0.201. The highest BCUT2D eigenvalue weighted by Gasteiger charge is 2.14. The molecule has 5 heteroatoms. The van der Waals surface area contributed by atoms with Crippen molar-refractivity contribution in [2.75, 3.05) is 13.0 Å².